The van der Waals surface area contributed by atoms with Crippen molar-refractivity contribution < 1.29 is 9.59 Å². The van der Waals surface area contributed by atoms with E-state index in [1.54, 1.807) is 4.90 Å². The number of carbonyl (C=O) groups is 2. The molecule has 8 heteroatoms. The Hall–Kier alpha value is -2.61. The number of aryl methyl sites for hydroxylation is 2. The lowest BCUT2D eigenvalue weighted by molar-refractivity contribution is -0.133. The molecule has 2 aromatic rings. The molecule has 0 radical (unpaired) electrons. The average molecular weight is 399 g/mol. The maximum atomic E-state index is 12.7. The van der Waals surface area contributed by atoms with Crippen molar-refractivity contribution in [3.05, 3.63) is 29.5 Å². The highest BCUT2D eigenvalue weighted by molar-refractivity contribution is 5.82. The molecule has 2 fully saturated rings. The number of nitrogens with one attached hydrogen (secondary N) is 1. The fourth-order valence-corrected chi connectivity index (χ4v) is 4.65. The normalized spacial score (nSPS) is 19.1. The molecule has 3 heterocycles. The summed E-state index contributed by atoms with van der Waals surface area (Å²) in [5, 5.41) is 8.22. The number of urea groups is 1. The summed E-state index contributed by atoms with van der Waals surface area (Å²) >= 11 is 0. The van der Waals surface area contributed by atoms with E-state index < -0.39 is 0 Å². The van der Waals surface area contributed by atoms with Gasteiger partial charge in [0, 0.05) is 57.1 Å². The van der Waals surface area contributed by atoms with Gasteiger partial charge < -0.3 is 15.5 Å². The third kappa shape index (κ3) is 4.37. The van der Waals surface area contributed by atoms with Gasteiger partial charge in [-0.1, -0.05) is 6.07 Å². The van der Waals surface area contributed by atoms with Gasteiger partial charge >= 0.3 is 6.03 Å². The van der Waals surface area contributed by atoms with Crippen molar-refractivity contribution >= 4 is 22.8 Å². The SMILES string of the molecule is Cc1cc(CCC(=O)N2CCN(C3CCN(C(N)=O)CC3)CC2)cc2cn[nH]c12. The number of aromatic nitrogens is 2. The minimum Gasteiger partial charge on any atom is -0.351 e. The van der Waals surface area contributed by atoms with Crippen molar-refractivity contribution in [2.45, 2.75) is 38.6 Å². The Balaban J connectivity index is 1.24. The Bertz CT molecular complexity index is 878. The molecule has 0 bridgehead atoms. The molecule has 29 heavy (non-hydrogen) atoms. The van der Waals surface area contributed by atoms with Gasteiger partial charge in [-0.3, -0.25) is 14.8 Å². The third-order valence-electron chi connectivity index (χ3n) is 6.39. The van der Waals surface area contributed by atoms with Crippen LogP contribution in [-0.4, -0.2) is 82.1 Å². The minimum atomic E-state index is -0.319. The molecule has 0 unspecified atom stereocenters. The fourth-order valence-electron chi connectivity index (χ4n) is 4.65. The highest BCUT2D eigenvalue weighted by Crippen LogP contribution is 2.21. The standard InChI is InChI=1S/C21H30N6O2/c1-15-12-16(13-17-14-23-24-20(15)17)2-3-19(28)26-10-8-25(9-11-26)18-4-6-27(7-5-18)21(22)29/h12-14,18H,2-11H2,1H3,(H2,22,29)(H,23,24). The number of rotatable bonds is 4. The van der Waals surface area contributed by atoms with E-state index in [0.29, 0.717) is 12.5 Å². The van der Waals surface area contributed by atoms with E-state index in [1.807, 2.05) is 11.1 Å². The van der Waals surface area contributed by atoms with Crippen molar-refractivity contribution in [2.24, 2.45) is 5.73 Å². The van der Waals surface area contributed by atoms with Gasteiger partial charge in [0.2, 0.25) is 5.91 Å². The van der Waals surface area contributed by atoms with Gasteiger partial charge in [0.15, 0.2) is 0 Å². The lowest BCUT2D eigenvalue weighted by atomic mass is 10.0. The molecule has 0 saturated carbocycles. The monoisotopic (exact) mass is 398 g/mol. The summed E-state index contributed by atoms with van der Waals surface area (Å²) in [4.78, 5) is 30.2. The minimum absolute atomic E-state index is 0.234. The maximum absolute atomic E-state index is 12.7. The Morgan fingerprint density at radius 2 is 1.83 bits per heavy atom. The number of fused-ring (bicyclic) bond motifs is 1. The van der Waals surface area contributed by atoms with Crippen molar-refractivity contribution in [3.8, 4) is 0 Å². The Kier molecular flexibility index (Phi) is 5.71. The second-order valence-electron chi connectivity index (χ2n) is 8.22. The molecule has 2 aliphatic rings. The first-order chi connectivity index (χ1) is 14.0. The van der Waals surface area contributed by atoms with Crippen LogP contribution in [0.4, 0.5) is 4.79 Å². The molecule has 2 saturated heterocycles. The molecular formula is C21H30N6O2. The van der Waals surface area contributed by atoms with Crippen LogP contribution in [-0.2, 0) is 11.2 Å². The van der Waals surface area contributed by atoms with E-state index >= 15 is 0 Å². The van der Waals surface area contributed by atoms with Crippen LogP contribution >= 0.6 is 0 Å². The number of benzene rings is 1. The lowest BCUT2D eigenvalue weighted by Crippen LogP contribution is -2.55. The van der Waals surface area contributed by atoms with Crippen LogP contribution in [0.25, 0.3) is 10.9 Å². The number of hydrogen-bond donors (Lipinski definition) is 2. The highest BCUT2D eigenvalue weighted by atomic mass is 16.2. The zero-order chi connectivity index (χ0) is 20.4. The van der Waals surface area contributed by atoms with Gasteiger partial charge in [0.1, 0.15) is 0 Å². The van der Waals surface area contributed by atoms with Crippen LogP contribution in [0.3, 0.4) is 0 Å². The molecule has 1 aromatic carbocycles. The van der Waals surface area contributed by atoms with Gasteiger partial charge in [-0.05, 0) is 43.4 Å². The molecule has 4 rings (SSSR count). The number of hydrogen-bond acceptors (Lipinski definition) is 4. The number of piperazine rings is 1. The molecular weight excluding hydrogens is 368 g/mol. The predicted molar refractivity (Wildman–Crippen MR) is 111 cm³/mol. The van der Waals surface area contributed by atoms with Crippen LogP contribution in [0.15, 0.2) is 18.3 Å². The zero-order valence-corrected chi connectivity index (χ0v) is 17.1. The van der Waals surface area contributed by atoms with E-state index in [9.17, 15) is 9.59 Å². The fraction of sp³-hybridized carbons (Fsp3) is 0.571. The number of amides is 3. The van der Waals surface area contributed by atoms with Gasteiger partial charge in [0.05, 0.1) is 11.7 Å². The van der Waals surface area contributed by atoms with Gasteiger partial charge in [-0.25, -0.2) is 4.79 Å². The smallest absolute Gasteiger partial charge is 0.314 e. The third-order valence-corrected chi connectivity index (χ3v) is 6.39. The predicted octanol–water partition coefficient (Wildman–Crippen LogP) is 1.49. The zero-order valence-electron chi connectivity index (χ0n) is 17.1. The lowest BCUT2D eigenvalue weighted by Gasteiger charge is -2.42. The van der Waals surface area contributed by atoms with E-state index in [4.69, 9.17) is 5.73 Å². The molecule has 3 N–H and O–H groups in total. The first kappa shape index (κ1) is 19.7. The Morgan fingerprint density at radius 3 is 2.52 bits per heavy atom. The summed E-state index contributed by atoms with van der Waals surface area (Å²) in [5.41, 5.74) is 8.79. The van der Waals surface area contributed by atoms with Crippen molar-refractivity contribution in [1.82, 2.24) is 24.9 Å². The van der Waals surface area contributed by atoms with E-state index in [2.05, 4.69) is 34.2 Å². The van der Waals surface area contributed by atoms with Crippen molar-refractivity contribution in [3.63, 3.8) is 0 Å². The van der Waals surface area contributed by atoms with Gasteiger partial charge in [0.25, 0.3) is 0 Å². The molecule has 0 aliphatic carbocycles. The number of primary amides is 1. The average Bonchev–Trinajstić information content (AvgIpc) is 3.21. The molecule has 3 amide bonds. The summed E-state index contributed by atoms with van der Waals surface area (Å²) in [6.45, 7) is 6.93. The number of nitrogens with zero attached hydrogens (tertiary/aromatic N) is 4. The van der Waals surface area contributed by atoms with Crippen LogP contribution < -0.4 is 5.73 Å². The Morgan fingerprint density at radius 1 is 1.10 bits per heavy atom. The van der Waals surface area contributed by atoms with Crippen LogP contribution in [0.2, 0.25) is 0 Å². The first-order valence-electron chi connectivity index (χ1n) is 10.5. The van der Waals surface area contributed by atoms with Crippen LogP contribution in [0.5, 0.6) is 0 Å². The van der Waals surface area contributed by atoms with E-state index in [0.717, 1.165) is 69.4 Å². The molecule has 2 aliphatic heterocycles. The number of aromatic amines is 1. The highest BCUT2D eigenvalue weighted by Gasteiger charge is 2.29. The van der Waals surface area contributed by atoms with Gasteiger partial charge in [-0.15, -0.1) is 0 Å². The topological polar surface area (TPSA) is 98.6 Å². The second kappa shape index (κ2) is 8.41. The number of piperidine rings is 1. The van der Waals surface area contributed by atoms with Gasteiger partial charge in [-0.2, -0.15) is 5.10 Å². The van der Waals surface area contributed by atoms with Crippen LogP contribution in [0.1, 0.15) is 30.4 Å². The van der Waals surface area contributed by atoms with E-state index in [1.165, 1.54) is 11.1 Å². The molecule has 156 valence electrons. The number of carbonyl (C=O) groups excluding carboxylic acids is 2. The Labute approximate surface area is 171 Å². The first-order valence-corrected chi connectivity index (χ1v) is 10.5. The largest absolute Gasteiger partial charge is 0.351 e. The maximum Gasteiger partial charge on any atom is 0.314 e. The molecule has 0 spiro atoms. The van der Waals surface area contributed by atoms with Crippen LogP contribution in [0, 0.1) is 6.92 Å². The van der Waals surface area contributed by atoms with Crippen molar-refractivity contribution in [2.75, 3.05) is 39.3 Å². The summed E-state index contributed by atoms with van der Waals surface area (Å²) < 4.78 is 0. The second-order valence-corrected chi connectivity index (χ2v) is 8.22. The number of H-pyrrole nitrogens is 1. The van der Waals surface area contributed by atoms with Crippen molar-refractivity contribution in [1.29, 1.82) is 0 Å². The molecule has 8 nitrogen and oxygen atoms in total. The molecule has 1 aromatic heterocycles. The number of nitrogens with two attached hydrogens (primary N) is 1. The number of likely N-dealkylation sites (tertiary alicyclic amines) is 1. The quantitative estimate of drug-likeness (QED) is 0.815. The summed E-state index contributed by atoms with van der Waals surface area (Å²) in [6, 6.07) is 4.44. The summed E-state index contributed by atoms with van der Waals surface area (Å²) in [6.07, 6.45) is 5.06. The summed E-state index contributed by atoms with van der Waals surface area (Å²) in [5.74, 6) is 0.234. The summed E-state index contributed by atoms with van der Waals surface area (Å²) in [7, 11) is 0. The molecule has 0 atom stereocenters. The van der Waals surface area contributed by atoms with E-state index in [-0.39, 0.29) is 11.9 Å².